The van der Waals surface area contributed by atoms with Crippen molar-refractivity contribution >= 4 is 0 Å². The molecule has 0 aliphatic heterocycles. The van der Waals surface area contributed by atoms with E-state index in [1.54, 1.807) is 13.8 Å². The van der Waals surface area contributed by atoms with E-state index in [-0.39, 0.29) is 6.10 Å². The standard InChI is InChI=1S/2C11H18.C3H8O.O.V/c2*1-7-6-8(2)10(4)11(5)9(7)3;1-3(2)4;;/h2*5,7-10H,3,6H2,1-2,4H3;3-4H,1-2H3;;/q2*-2;;;. The Labute approximate surface area is 185 Å². The maximum absolute atomic E-state index is 8.19. The molecule has 2 aliphatic carbocycles. The van der Waals surface area contributed by atoms with Crippen LogP contribution in [0.15, 0.2) is 11.1 Å². The van der Waals surface area contributed by atoms with Crippen molar-refractivity contribution in [3.8, 4) is 0 Å². The molecule has 165 valence electrons. The number of allylic oxidation sites excluding steroid dienone is 2. The zero-order chi connectivity index (χ0) is 22.8. The van der Waals surface area contributed by atoms with Gasteiger partial charge in [0.25, 0.3) is 0 Å². The number of rotatable bonds is 0. The first-order valence-electron chi connectivity index (χ1n) is 10.6. The summed E-state index contributed by atoms with van der Waals surface area (Å²) in [6.07, 6.45) is 2.38. The Kier molecular flexibility index (Phi) is 15.8. The minimum absolute atomic E-state index is 0.167. The van der Waals surface area contributed by atoms with Gasteiger partial charge in [0, 0.05) is 6.10 Å². The van der Waals surface area contributed by atoms with Gasteiger partial charge in [-0.2, -0.15) is 11.8 Å². The summed E-state index contributed by atoms with van der Waals surface area (Å²) in [6.45, 7) is 37.0. The molecular formula is C25H44O2V-4. The first-order chi connectivity index (χ1) is 12.8. The van der Waals surface area contributed by atoms with Crippen molar-refractivity contribution in [1.29, 1.82) is 0 Å². The molecule has 0 radical (unpaired) electrons. The van der Waals surface area contributed by atoms with Crippen LogP contribution >= 0.6 is 0 Å². The number of aliphatic hydroxyl groups excluding tert-OH is 1. The van der Waals surface area contributed by atoms with Crippen molar-refractivity contribution in [3.05, 3.63) is 38.2 Å². The van der Waals surface area contributed by atoms with Gasteiger partial charge >= 0.3 is 21.0 Å². The van der Waals surface area contributed by atoms with Crippen LogP contribution in [0.4, 0.5) is 0 Å². The van der Waals surface area contributed by atoms with Crippen molar-refractivity contribution in [1.82, 2.24) is 0 Å². The Morgan fingerprint density at radius 2 is 1.00 bits per heavy atom. The summed E-state index contributed by atoms with van der Waals surface area (Å²) in [7, 11) is 0. The van der Waals surface area contributed by atoms with Gasteiger partial charge in [-0.3, -0.25) is 11.1 Å². The van der Waals surface area contributed by atoms with E-state index in [1.807, 2.05) is 0 Å². The van der Waals surface area contributed by atoms with Crippen LogP contribution in [0.2, 0.25) is 0 Å². The molecule has 2 fully saturated rings. The van der Waals surface area contributed by atoms with Crippen LogP contribution in [0, 0.1) is 74.3 Å². The van der Waals surface area contributed by atoms with Crippen LogP contribution in [0.5, 0.6) is 0 Å². The van der Waals surface area contributed by atoms with Crippen LogP contribution in [-0.2, 0) is 21.0 Å². The Morgan fingerprint density at radius 3 is 1.21 bits per heavy atom. The quantitative estimate of drug-likeness (QED) is 0.449. The molecule has 2 nitrogen and oxygen atoms in total. The molecule has 0 aromatic rings. The van der Waals surface area contributed by atoms with E-state index in [4.69, 9.17) is 21.9 Å². The Morgan fingerprint density at radius 1 is 0.786 bits per heavy atom. The number of hydrogen-bond acceptors (Lipinski definition) is 2. The van der Waals surface area contributed by atoms with Gasteiger partial charge in [0.1, 0.15) is 0 Å². The van der Waals surface area contributed by atoms with Gasteiger partial charge in [-0.1, -0.05) is 65.2 Å². The van der Waals surface area contributed by atoms with Crippen molar-refractivity contribution in [2.45, 2.75) is 74.3 Å². The second-order valence-corrected chi connectivity index (χ2v) is 9.26. The van der Waals surface area contributed by atoms with Gasteiger partial charge in [-0.05, 0) is 38.5 Å². The Balaban J connectivity index is 0. The molecule has 0 amide bonds. The van der Waals surface area contributed by atoms with E-state index in [0.29, 0.717) is 35.5 Å². The topological polar surface area (TPSA) is 37.3 Å². The predicted molar refractivity (Wildman–Crippen MR) is 116 cm³/mol. The average molecular weight is 428 g/mol. The van der Waals surface area contributed by atoms with E-state index < -0.39 is 0 Å². The summed E-state index contributed by atoms with van der Waals surface area (Å²) >= 11 is 1.06. The van der Waals surface area contributed by atoms with Crippen molar-refractivity contribution in [3.63, 3.8) is 0 Å². The fourth-order valence-corrected chi connectivity index (χ4v) is 3.90. The zero-order valence-electron chi connectivity index (χ0n) is 19.5. The van der Waals surface area contributed by atoms with Gasteiger partial charge < -0.3 is 32.1 Å². The molecule has 0 bridgehead atoms. The van der Waals surface area contributed by atoms with Gasteiger partial charge in [0.2, 0.25) is 0 Å². The molecule has 0 aromatic heterocycles. The van der Waals surface area contributed by atoms with Gasteiger partial charge in [-0.15, -0.1) is 0 Å². The molecule has 8 atom stereocenters. The third kappa shape index (κ3) is 10.0. The normalized spacial score (nSPS) is 37.5. The average Bonchev–Trinajstić information content (AvgIpc) is 2.63. The second kappa shape index (κ2) is 14.8. The van der Waals surface area contributed by atoms with Crippen molar-refractivity contribution < 1.29 is 26.1 Å². The van der Waals surface area contributed by atoms with Gasteiger partial charge in [0.05, 0.1) is 0 Å². The molecule has 0 aromatic carbocycles. The van der Waals surface area contributed by atoms with Gasteiger partial charge in [0.15, 0.2) is 0 Å². The SMILES string of the molecule is CC(C)O.[CH-]=C1C([CH2-])C(C)CC(C)C1C.[CH-]=C1C([CH2-])C(C)CC(C)C1C.[O]=[V]. The molecule has 8 unspecified atom stereocenters. The number of hydrogen-bond donors (Lipinski definition) is 1. The molecule has 2 aliphatic rings. The van der Waals surface area contributed by atoms with E-state index in [0.717, 1.165) is 40.4 Å². The summed E-state index contributed by atoms with van der Waals surface area (Å²) < 4.78 is 8.19. The van der Waals surface area contributed by atoms with Crippen molar-refractivity contribution in [2.75, 3.05) is 0 Å². The van der Waals surface area contributed by atoms with Crippen LogP contribution in [-0.4, -0.2) is 11.2 Å². The zero-order valence-corrected chi connectivity index (χ0v) is 20.9. The summed E-state index contributed by atoms with van der Waals surface area (Å²) in [4.78, 5) is 0. The fraction of sp³-hybridized carbons (Fsp3) is 0.760. The fourth-order valence-electron chi connectivity index (χ4n) is 3.90. The van der Waals surface area contributed by atoms with E-state index >= 15 is 0 Å². The van der Waals surface area contributed by atoms with E-state index in [9.17, 15) is 0 Å². The first kappa shape index (κ1) is 30.0. The Bertz CT molecular complexity index is 387. The molecule has 2 saturated carbocycles. The second-order valence-electron chi connectivity index (χ2n) is 9.26. The summed E-state index contributed by atoms with van der Waals surface area (Å²) in [5.41, 5.74) is 2.22. The summed E-state index contributed by atoms with van der Waals surface area (Å²) in [6, 6.07) is 0. The Hall–Kier alpha value is -0.176. The molecule has 0 spiro atoms. The van der Waals surface area contributed by atoms with E-state index in [2.05, 4.69) is 55.4 Å². The molecule has 0 saturated heterocycles. The van der Waals surface area contributed by atoms with Crippen LogP contribution < -0.4 is 0 Å². The minimum atomic E-state index is -0.167. The summed E-state index contributed by atoms with van der Waals surface area (Å²) in [5.74, 6) is 4.69. The molecule has 28 heavy (non-hydrogen) atoms. The molecule has 0 heterocycles. The van der Waals surface area contributed by atoms with E-state index in [1.165, 1.54) is 12.8 Å². The van der Waals surface area contributed by atoms with Gasteiger partial charge in [-0.25, -0.2) is 0 Å². The molecular weight excluding hydrogens is 383 g/mol. The van der Waals surface area contributed by atoms with Crippen molar-refractivity contribution in [2.24, 2.45) is 47.3 Å². The van der Waals surface area contributed by atoms with Crippen LogP contribution in [0.3, 0.4) is 0 Å². The first-order valence-corrected chi connectivity index (χ1v) is 11.1. The molecule has 2 rings (SSSR count). The monoisotopic (exact) mass is 427 g/mol. The molecule has 1 N–H and O–H groups in total. The third-order valence-corrected chi connectivity index (χ3v) is 6.48. The predicted octanol–water partition coefficient (Wildman–Crippen LogP) is 6.48. The summed E-state index contributed by atoms with van der Waals surface area (Å²) in [5, 5.41) is 8.06. The van der Waals surface area contributed by atoms with Crippen LogP contribution in [0.1, 0.15) is 68.2 Å². The van der Waals surface area contributed by atoms with Crippen LogP contribution in [0.25, 0.3) is 0 Å². The maximum atomic E-state index is 8.19. The number of aliphatic hydroxyl groups is 1. The third-order valence-electron chi connectivity index (χ3n) is 6.48. The molecule has 3 heteroatoms.